The Balaban J connectivity index is 1.31. The lowest BCUT2D eigenvalue weighted by atomic mass is 9.99. The Morgan fingerprint density at radius 3 is 2.73 bits per heavy atom. The molecule has 3 heterocycles. The molecule has 1 atom stereocenters. The topological polar surface area (TPSA) is 44.6 Å². The largest absolute Gasteiger partial charge is 0.383 e. The van der Waals surface area contributed by atoms with E-state index in [9.17, 15) is 0 Å². The maximum Gasteiger partial charge on any atom is 0.137 e. The fourth-order valence-corrected chi connectivity index (χ4v) is 4.06. The van der Waals surface area contributed by atoms with Gasteiger partial charge in [0.15, 0.2) is 0 Å². The van der Waals surface area contributed by atoms with Crippen molar-refractivity contribution in [2.75, 3.05) is 25.0 Å². The van der Waals surface area contributed by atoms with Crippen molar-refractivity contribution >= 4 is 17.0 Å². The van der Waals surface area contributed by atoms with Gasteiger partial charge < -0.3 is 15.0 Å². The molecule has 156 valence electrons. The molecule has 0 bridgehead atoms. The van der Waals surface area contributed by atoms with Crippen LogP contribution in [-0.2, 0) is 13.0 Å². The van der Waals surface area contributed by atoms with E-state index in [1.807, 2.05) is 35.9 Å². The normalized spacial score (nSPS) is 14.9. The van der Waals surface area contributed by atoms with Gasteiger partial charge in [0.05, 0.1) is 11.4 Å². The van der Waals surface area contributed by atoms with Crippen molar-refractivity contribution in [2.24, 2.45) is 5.92 Å². The van der Waals surface area contributed by atoms with E-state index in [4.69, 9.17) is 4.98 Å². The first-order valence-corrected chi connectivity index (χ1v) is 10.6. The van der Waals surface area contributed by atoms with Gasteiger partial charge in [-0.1, -0.05) is 44.3 Å². The fraction of sp³-hybridized carbons (Fsp3) is 0.320. The zero-order valence-electron chi connectivity index (χ0n) is 18.0. The number of rotatable bonds is 8. The van der Waals surface area contributed by atoms with Gasteiger partial charge in [-0.2, -0.15) is 0 Å². The highest BCUT2D eigenvalue weighted by Crippen LogP contribution is 2.20. The average Bonchev–Trinajstić information content (AvgIpc) is 3.15. The molecule has 5 heteroatoms. The molecule has 1 unspecified atom stereocenters. The number of imidazole rings is 1. The molecule has 5 nitrogen and oxygen atoms in total. The van der Waals surface area contributed by atoms with E-state index >= 15 is 0 Å². The van der Waals surface area contributed by atoms with Gasteiger partial charge in [0.25, 0.3) is 0 Å². The summed E-state index contributed by atoms with van der Waals surface area (Å²) in [6, 6.07) is 12.8. The summed E-state index contributed by atoms with van der Waals surface area (Å²) in [6.07, 6.45) is 5.18. The van der Waals surface area contributed by atoms with Crippen molar-refractivity contribution in [1.82, 2.24) is 19.6 Å². The van der Waals surface area contributed by atoms with Crippen LogP contribution in [0.25, 0.3) is 11.3 Å². The van der Waals surface area contributed by atoms with Crippen molar-refractivity contribution in [3.8, 4) is 0 Å². The predicted molar refractivity (Wildman–Crippen MR) is 125 cm³/mol. The van der Waals surface area contributed by atoms with Crippen molar-refractivity contribution in [3.05, 3.63) is 84.5 Å². The smallest absolute Gasteiger partial charge is 0.137 e. The Kier molecular flexibility index (Phi) is 5.91. The van der Waals surface area contributed by atoms with Crippen LogP contribution in [0.3, 0.4) is 0 Å². The van der Waals surface area contributed by atoms with Crippen LogP contribution >= 0.6 is 0 Å². The fourth-order valence-electron chi connectivity index (χ4n) is 4.06. The number of nitrogens with zero attached hydrogens (tertiary/aromatic N) is 3. The van der Waals surface area contributed by atoms with E-state index in [1.54, 1.807) is 0 Å². The highest BCUT2D eigenvalue weighted by atomic mass is 15.1. The van der Waals surface area contributed by atoms with E-state index in [0.29, 0.717) is 5.92 Å². The third kappa shape index (κ3) is 4.74. The summed E-state index contributed by atoms with van der Waals surface area (Å²) in [5, 5.41) is 6.72. The molecule has 3 aromatic rings. The second kappa shape index (κ2) is 8.76. The molecule has 0 amide bonds. The number of hydrogen-bond acceptors (Lipinski definition) is 4. The molecular weight excluding hydrogens is 370 g/mol. The van der Waals surface area contributed by atoms with E-state index < -0.39 is 0 Å². The monoisotopic (exact) mass is 401 g/mol. The van der Waals surface area contributed by atoms with Gasteiger partial charge >= 0.3 is 0 Å². The number of aromatic nitrogens is 2. The van der Waals surface area contributed by atoms with E-state index in [-0.39, 0.29) is 0 Å². The summed E-state index contributed by atoms with van der Waals surface area (Å²) in [7, 11) is 0. The zero-order valence-corrected chi connectivity index (χ0v) is 18.0. The molecule has 1 aliphatic heterocycles. The number of benzene rings is 1. The number of pyridine rings is 1. The number of nitrogens with one attached hydrogen (secondary N) is 2. The minimum absolute atomic E-state index is 0.524. The molecule has 0 saturated heterocycles. The van der Waals surface area contributed by atoms with Gasteiger partial charge in [0.1, 0.15) is 11.3 Å². The molecule has 0 aliphatic carbocycles. The summed E-state index contributed by atoms with van der Waals surface area (Å²) in [4.78, 5) is 7.25. The van der Waals surface area contributed by atoms with Crippen LogP contribution in [0.5, 0.6) is 0 Å². The number of anilines is 1. The first kappa shape index (κ1) is 20.2. The Morgan fingerprint density at radius 1 is 1.13 bits per heavy atom. The van der Waals surface area contributed by atoms with E-state index in [0.717, 1.165) is 61.0 Å². The van der Waals surface area contributed by atoms with Crippen LogP contribution in [0.15, 0.2) is 67.6 Å². The van der Waals surface area contributed by atoms with Crippen LogP contribution in [0.2, 0.25) is 0 Å². The third-order valence-corrected chi connectivity index (χ3v) is 5.56. The van der Waals surface area contributed by atoms with Crippen LogP contribution in [0.4, 0.5) is 5.69 Å². The number of hydrogen-bond donors (Lipinski definition) is 2. The first-order valence-electron chi connectivity index (χ1n) is 10.6. The summed E-state index contributed by atoms with van der Waals surface area (Å²) in [5.41, 5.74) is 7.52. The minimum atomic E-state index is 0.524. The minimum Gasteiger partial charge on any atom is -0.383 e. The van der Waals surface area contributed by atoms with Gasteiger partial charge in [-0.15, -0.1) is 0 Å². The Hall–Kier alpha value is -3.05. The quantitative estimate of drug-likeness (QED) is 0.582. The van der Waals surface area contributed by atoms with Crippen LogP contribution in [0, 0.1) is 5.92 Å². The SMILES string of the molecule is C=C(C)Nc1ccc2nc(C(=C)NCC(C)CN3CCc4ccccc4C3)cn2c1. The summed E-state index contributed by atoms with van der Waals surface area (Å²) >= 11 is 0. The molecule has 4 rings (SSSR count). The highest BCUT2D eigenvalue weighted by Gasteiger charge is 2.17. The van der Waals surface area contributed by atoms with Gasteiger partial charge in [-0.25, -0.2) is 4.98 Å². The van der Waals surface area contributed by atoms with Crippen molar-refractivity contribution in [1.29, 1.82) is 0 Å². The molecule has 0 saturated carbocycles. The molecule has 0 fully saturated rings. The zero-order chi connectivity index (χ0) is 21.1. The van der Waals surface area contributed by atoms with Crippen molar-refractivity contribution < 1.29 is 0 Å². The second-order valence-corrected chi connectivity index (χ2v) is 8.43. The molecule has 1 aliphatic rings. The first-order chi connectivity index (χ1) is 14.5. The third-order valence-electron chi connectivity index (χ3n) is 5.56. The summed E-state index contributed by atoms with van der Waals surface area (Å²) in [5.74, 6) is 0.524. The molecule has 2 aromatic heterocycles. The van der Waals surface area contributed by atoms with Crippen LogP contribution in [0.1, 0.15) is 30.7 Å². The summed E-state index contributed by atoms with van der Waals surface area (Å²) < 4.78 is 2.02. The molecule has 0 spiro atoms. The molecule has 30 heavy (non-hydrogen) atoms. The lowest BCUT2D eigenvalue weighted by Crippen LogP contribution is -2.36. The lowest BCUT2D eigenvalue weighted by Gasteiger charge is -2.31. The van der Waals surface area contributed by atoms with Crippen LogP contribution in [-0.4, -0.2) is 33.9 Å². The predicted octanol–water partition coefficient (Wildman–Crippen LogP) is 4.53. The van der Waals surface area contributed by atoms with Gasteiger partial charge in [-0.05, 0) is 42.5 Å². The van der Waals surface area contributed by atoms with E-state index in [2.05, 4.69) is 59.9 Å². The lowest BCUT2D eigenvalue weighted by molar-refractivity contribution is 0.220. The number of allylic oxidation sites excluding steroid dienone is 1. The average molecular weight is 402 g/mol. The van der Waals surface area contributed by atoms with Gasteiger partial charge in [0.2, 0.25) is 0 Å². The Bertz CT molecular complexity index is 1060. The molecule has 1 aromatic carbocycles. The van der Waals surface area contributed by atoms with Crippen molar-refractivity contribution in [3.63, 3.8) is 0 Å². The standard InChI is InChI=1S/C25H31N5/c1-18(2)27-23-9-10-25-28-24(17-30(25)16-23)20(4)26-13-19(3)14-29-12-11-21-7-5-6-8-22(21)15-29/h5-10,16-17,19,26-27H,1,4,11-15H2,2-3H3. The Morgan fingerprint density at radius 2 is 1.93 bits per heavy atom. The van der Waals surface area contributed by atoms with E-state index in [1.165, 1.54) is 11.1 Å². The Labute approximate surface area is 179 Å². The summed E-state index contributed by atoms with van der Waals surface area (Å²) in [6.45, 7) is 16.5. The molecular formula is C25H31N5. The molecule has 0 radical (unpaired) electrons. The second-order valence-electron chi connectivity index (χ2n) is 8.43. The van der Waals surface area contributed by atoms with Crippen LogP contribution < -0.4 is 10.6 Å². The van der Waals surface area contributed by atoms with Gasteiger partial charge in [-0.3, -0.25) is 4.90 Å². The molecule has 2 N–H and O–H groups in total. The van der Waals surface area contributed by atoms with Crippen molar-refractivity contribution in [2.45, 2.75) is 26.8 Å². The number of fused-ring (bicyclic) bond motifs is 2. The highest BCUT2D eigenvalue weighted by molar-refractivity contribution is 5.62. The van der Waals surface area contributed by atoms with Gasteiger partial charge in [0, 0.05) is 44.3 Å². The maximum atomic E-state index is 4.69. The maximum absolute atomic E-state index is 4.69.